The molecule has 0 bridgehead atoms. The van der Waals surface area contributed by atoms with Gasteiger partial charge in [-0.3, -0.25) is 33.6 Å². The van der Waals surface area contributed by atoms with Crippen LogP contribution in [-0.4, -0.2) is 153 Å². The molecule has 74 heavy (non-hydrogen) atoms. The number of carbonyl (C=O) groups is 7. The highest BCUT2D eigenvalue weighted by molar-refractivity contribution is 8.76. The number of unbranched alkanes of at least 4 members (excludes halogenated alkanes) is 1. The molecule has 1 saturated heterocycles. The third-order valence-electron chi connectivity index (χ3n) is 12.3. The van der Waals surface area contributed by atoms with Crippen molar-refractivity contribution in [1.29, 1.82) is 0 Å². The van der Waals surface area contributed by atoms with Crippen LogP contribution in [-0.2, 0) is 52.8 Å². The van der Waals surface area contributed by atoms with Crippen LogP contribution >= 0.6 is 21.6 Å². The first kappa shape index (κ1) is 58.9. The lowest BCUT2D eigenvalue weighted by Crippen LogP contribution is -2.62. The molecule has 2 heterocycles. The molecule has 0 aliphatic carbocycles. The van der Waals surface area contributed by atoms with Crippen molar-refractivity contribution in [2.75, 3.05) is 24.7 Å². The highest BCUT2D eigenvalue weighted by Crippen LogP contribution is 2.24. The number of fused-ring (bicyclic) bond motifs is 1. The average molecular weight is 1060 g/mol. The smallest absolute Gasteiger partial charge is 0.245 e. The molecule has 0 radical (unpaired) electrons. The molecule has 0 spiro atoms. The quantitative estimate of drug-likeness (QED) is 0.0442. The summed E-state index contributed by atoms with van der Waals surface area (Å²) in [5.41, 5.74) is 8.77. The summed E-state index contributed by atoms with van der Waals surface area (Å²) >= 11 is 0. The third kappa shape index (κ3) is 18.1. The number of nitrogens with two attached hydrogens (primary N) is 1. The van der Waals surface area contributed by atoms with Crippen molar-refractivity contribution in [3.8, 4) is 0 Å². The maximum atomic E-state index is 14.8. The van der Waals surface area contributed by atoms with Crippen molar-refractivity contribution >= 4 is 73.8 Å². The van der Waals surface area contributed by atoms with Crippen molar-refractivity contribution in [3.05, 3.63) is 108 Å². The fourth-order valence-electron chi connectivity index (χ4n) is 8.24. The number of H-pyrrole nitrogens is 1. The van der Waals surface area contributed by atoms with E-state index in [4.69, 9.17) is 5.73 Å². The molecule has 0 saturated carbocycles. The van der Waals surface area contributed by atoms with E-state index < -0.39 is 108 Å². The van der Waals surface area contributed by atoms with E-state index in [1.165, 1.54) is 13.8 Å². The first-order valence-corrected chi connectivity index (χ1v) is 27.4. The lowest BCUT2D eigenvalue weighted by atomic mass is 10.0. The highest BCUT2D eigenvalue weighted by atomic mass is 33.1. The molecule has 5 rings (SSSR count). The van der Waals surface area contributed by atoms with Crippen LogP contribution < -0.4 is 48.3 Å². The summed E-state index contributed by atoms with van der Waals surface area (Å²) in [6, 6.07) is 15.2. The minimum atomic E-state index is -1.66. The molecule has 1 fully saturated rings. The van der Waals surface area contributed by atoms with Crippen LogP contribution in [0, 0.1) is 0 Å². The summed E-state index contributed by atoms with van der Waals surface area (Å²) < 4.78 is 0. The summed E-state index contributed by atoms with van der Waals surface area (Å²) in [5, 5.41) is 54.3. The van der Waals surface area contributed by atoms with Crippen LogP contribution in [0.5, 0.6) is 0 Å². The summed E-state index contributed by atoms with van der Waals surface area (Å²) in [4.78, 5) is 104. The van der Waals surface area contributed by atoms with E-state index in [1.807, 2.05) is 68.4 Å². The number of nitrogens with one attached hydrogen (secondary N) is 9. The first-order valence-electron chi connectivity index (χ1n) is 24.9. The van der Waals surface area contributed by atoms with Crippen molar-refractivity contribution in [3.63, 3.8) is 0 Å². The number of amides is 7. The second-order valence-corrected chi connectivity index (χ2v) is 21.3. The topological polar surface area (TPSA) is 318 Å². The van der Waals surface area contributed by atoms with Gasteiger partial charge in [-0.2, -0.15) is 0 Å². The normalized spacial score (nSPS) is 22.5. The van der Waals surface area contributed by atoms with Crippen molar-refractivity contribution in [2.45, 2.75) is 133 Å². The number of aromatic amines is 1. The van der Waals surface area contributed by atoms with Gasteiger partial charge in [0, 0.05) is 47.5 Å². The Balaban J connectivity index is 1.59. The van der Waals surface area contributed by atoms with Gasteiger partial charge in [-0.25, -0.2) is 0 Å². The average Bonchev–Trinajstić information content (AvgIpc) is 3.78. The van der Waals surface area contributed by atoms with Gasteiger partial charge in [0.25, 0.3) is 0 Å². The van der Waals surface area contributed by atoms with Gasteiger partial charge >= 0.3 is 0 Å². The standard InChI is InChI=1S/C52H72N10O10S2/c1-30(2)55-39(23-33-15-7-5-8-16-33)47(67)60-43-28-73-74-29-44(51(71)59-42(27-63)31(3)64)61-52(72)45(32(4)65)62-46(66)38(21-13-14-22-53)56-49(69)41(25-35-26-54-37-20-12-11-19-36(35)37)58-48(68)40(57-50(43)70)24-34-17-9-6-10-18-34/h5-12,15-20,26,30-32,38-45,54-55,63-65H,13-14,21-25,27-29,53H2,1-4H3,(H,56,69)(H,57,70)(H,58,68)(H,59,71)(H,60,67)(H,61,72)(H,62,66)/t31-,32-,38+,39-,40+,41-,42-,43+,44+,45?/m1/s1. The van der Waals surface area contributed by atoms with E-state index in [0.29, 0.717) is 24.0 Å². The van der Waals surface area contributed by atoms with Crippen LogP contribution in [0.2, 0.25) is 0 Å². The molecule has 1 unspecified atom stereocenters. The number of hydrogen-bond acceptors (Lipinski definition) is 14. The van der Waals surface area contributed by atoms with Gasteiger partial charge in [-0.1, -0.05) is 114 Å². The molecular weight excluding hydrogens is 989 g/mol. The lowest BCUT2D eigenvalue weighted by Gasteiger charge is -2.29. The largest absolute Gasteiger partial charge is 0.394 e. The molecule has 1 aliphatic rings. The predicted octanol–water partition coefficient (Wildman–Crippen LogP) is 0.234. The Hall–Kier alpha value is -6.01. The number of aromatic nitrogens is 1. The Bertz CT molecular complexity index is 2470. The Morgan fingerprint density at radius 1 is 0.703 bits per heavy atom. The zero-order valence-electron chi connectivity index (χ0n) is 42.2. The summed E-state index contributed by atoms with van der Waals surface area (Å²) in [6.07, 6.45) is 0.0248. The van der Waals surface area contributed by atoms with Gasteiger partial charge < -0.3 is 68.6 Å². The molecule has 1 aliphatic heterocycles. The molecule has 1 aromatic heterocycles. The van der Waals surface area contributed by atoms with Crippen LogP contribution in [0.15, 0.2) is 91.1 Å². The fourth-order valence-corrected chi connectivity index (χ4v) is 10.6. The van der Waals surface area contributed by atoms with Gasteiger partial charge in [0.15, 0.2) is 0 Å². The first-order chi connectivity index (χ1) is 35.5. The Labute approximate surface area is 439 Å². The SMILES string of the molecule is CC(C)N[C@H](Cc1ccccc1)C(=O)N[C@H]1CSSC[C@@H](C(=O)N[C@H](CO)[C@@H](C)O)NC(=O)C([C@@H](C)O)NC(=O)[C@H](CCCCN)NC(=O)[C@@H](Cc2c[nH]c3ccccc23)NC(=O)[C@H](Cc2ccccc2)NC1=O. The van der Waals surface area contributed by atoms with Gasteiger partial charge in [0.2, 0.25) is 41.4 Å². The zero-order valence-corrected chi connectivity index (χ0v) is 43.8. The molecule has 4 aromatic rings. The van der Waals surface area contributed by atoms with Crippen molar-refractivity contribution in [1.82, 2.24) is 47.5 Å². The molecule has 14 N–H and O–H groups in total. The molecule has 10 atom stereocenters. The van der Waals surface area contributed by atoms with Gasteiger partial charge in [-0.15, -0.1) is 0 Å². The second-order valence-electron chi connectivity index (χ2n) is 18.7. The van der Waals surface area contributed by atoms with E-state index in [9.17, 15) is 48.9 Å². The van der Waals surface area contributed by atoms with Gasteiger partial charge in [-0.05, 0) is 68.8 Å². The Morgan fingerprint density at radius 3 is 1.93 bits per heavy atom. The molecule has 20 nitrogen and oxygen atoms in total. The van der Waals surface area contributed by atoms with E-state index >= 15 is 0 Å². The monoisotopic (exact) mass is 1060 g/mol. The second kappa shape index (κ2) is 29.8. The Kier molecular flexibility index (Phi) is 23.7. The number of benzene rings is 3. The number of aliphatic hydroxyl groups is 3. The highest BCUT2D eigenvalue weighted by Gasteiger charge is 2.37. The minimum Gasteiger partial charge on any atom is -0.394 e. The van der Waals surface area contributed by atoms with Crippen molar-refractivity contribution in [2.24, 2.45) is 5.73 Å². The van der Waals surface area contributed by atoms with E-state index in [0.717, 1.165) is 38.1 Å². The lowest BCUT2D eigenvalue weighted by molar-refractivity contribution is -0.136. The maximum Gasteiger partial charge on any atom is 0.245 e. The number of hydrogen-bond donors (Lipinski definition) is 13. The fraction of sp³-hybridized carbons (Fsp3) is 0.481. The van der Waals surface area contributed by atoms with Crippen LogP contribution in [0.1, 0.15) is 63.6 Å². The maximum absolute atomic E-state index is 14.8. The van der Waals surface area contributed by atoms with Crippen molar-refractivity contribution < 1.29 is 48.9 Å². The number of para-hydroxylation sites is 1. The van der Waals surface area contributed by atoms with E-state index in [-0.39, 0.29) is 49.8 Å². The van der Waals surface area contributed by atoms with Gasteiger partial charge in [0.1, 0.15) is 36.3 Å². The predicted molar refractivity (Wildman–Crippen MR) is 286 cm³/mol. The molecule has 402 valence electrons. The molecular formula is C52H72N10O10S2. The summed E-state index contributed by atoms with van der Waals surface area (Å²) in [5.74, 6) is -5.72. The van der Waals surface area contributed by atoms with Crippen LogP contribution in [0.4, 0.5) is 0 Å². The minimum absolute atomic E-state index is 0.0312. The number of rotatable bonds is 19. The van der Waals surface area contributed by atoms with E-state index in [2.05, 4.69) is 47.5 Å². The molecule has 22 heteroatoms. The third-order valence-corrected chi connectivity index (χ3v) is 14.8. The van der Waals surface area contributed by atoms with Gasteiger partial charge in [0.05, 0.1) is 30.9 Å². The van der Waals surface area contributed by atoms with E-state index in [1.54, 1.807) is 36.5 Å². The Morgan fingerprint density at radius 2 is 1.30 bits per heavy atom. The zero-order chi connectivity index (χ0) is 53.7. The summed E-state index contributed by atoms with van der Waals surface area (Å²) in [7, 11) is 2.12. The summed E-state index contributed by atoms with van der Waals surface area (Å²) in [6.45, 7) is 6.03. The molecule has 7 amide bonds. The number of aliphatic hydroxyl groups excluding tert-OH is 3. The van der Waals surface area contributed by atoms with Crippen LogP contribution in [0.3, 0.4) is 0 Å². The number of carbonyl (C=O) groups excluding carboxylic acids is 7. The molecule has 3 aromatic carbocycles. The van der Waals surface area contributed by atoms with Crippen LogP contribution in [0.25, 0.3) is 10.9 Å².